The third-order valence-electron chi connectivity index (χ3n) is 2.87. The van der Waals surface area contributed by atoms with Gasteiger partial charge in [0.25, 0.3) is 5.91 Å². The van der Waals surface area contributed by atoms with Crippen LogP contribution in [-0.2, 0) is 0 Å². The van der Waals surface area contributed by atoms with Gasteiger partial charge in [-0.2, -0.15) is 0 Å². The van der Waals surface area contributed by atoms with Crippen LogP contribution in [0.2, 0.25) is 10.0 Å². The van der Waals surface area contributed by atoms with Gasteiger partial charge < -0.3 is 10.4 Å². The smallest absolute Gasteiger partial charge is 0.335 e. The van der Waals surface area contributed by atoms with Gasteiger partial charge >= 0.3 is 5.97 Å². The molecule has 21 heavy (non-hydrogen) atoms. The number of nitrogens with one attached hydrogen (secondary N) is 1. The Balaban J connectivity index is 2.28. The molecule has 0 bridgehead atoms. The number of carbonyl (C=O) groups is 2. The van der Waals surface area contributed by atoms with E-state index in [2.05, 4.69) is 5.32 Å². The van der Waals surface area contributed by atoms with Crippen molar-refractivity contribution in [2.75, 3.05) is 5.32 Å². The Labute approximate surface area is 131 Å². The van der Waals surface area contributed by atoms with Crippen LogP contribution in [0.1, 0.15) is 26.3 Å². The van der Waals surface area contributed by atoms with E-state index < -0.39 is 11.9 Å². The second-order valence-electron chi connectivity index (χ2n) is 4.42. The third kappa shape index (κ3) is 3.54. The molecule has 2 N–H and O–H groups in total. The lowest BCUT2D eigenvalue weighted by atomic mass is 10.1. The minimum Gasteiger partial charge on any atom is -0.478 e. The molecule has 0 aromatic heterocycles. The molecule has 2 aromatic carbocycles. The van der Waals surface area contributed by atoms with E-state index in [1.807, 2.05) is 0 Å². The quantitative estimate of drug-likeness (QED) is 0.887. The van der Waals surface area contributed by atoms with Gasteiger partial charge in [0.05, 0.1) is 16.3 Å². The van der Waals surface area contributed by atoms with Crippen LogP contribution in [0.25, 0.3) is 0 Å². The van der Waals surface area contributed by atoms with Crippen LogP contribution in [0.4, 0.5) is 5.69 Å². The zero-order chi connectivity index (χ0) is 15.6. The summed E-state index contributed by atoms with van der Waals surface area (Å²) in [6.07, 6.45) is 0. The number of carbonyl (C=O) groups excluding carboxylic acids is 1. The molecule has 0 unspecified atom stereocenters. The van der Waals surface area contributed by atoms with E-state index in [1.54, 1.807) is 19.1 Å². The van der Waals surface area contributed by atoms with Crippen LogP contribution < -0.4 is 5.32 Å². The highest BCUT2D eigenvalue weighted by Gasteiger charge is 2.12. The maximum absolute atomic E-state index is 12.1. The highest BCUT2D eigenvalue weighted by atomic mass is 35.5. The average Bonchev–Trinajstić information content (AvgIpc) is 2.44. The predicted octanol–water partition coefficient (Wildman–Crippen LogP) is 4.25. The second-order valence-corrected chi connectivity index (χ2v) is 5.24. The summed E-state index contributed by atoms with van der Waals surface area (Å²) in [5.41, 5.74) is 1.43. The zero-order valence-electron chi connectivity index (χ0n) is 11.0. The molecule has 0 aliphatic rings. The van der Waals surface area contributed by atoms with Gasteiger partial charge in [-0.1, -0.05) is 29.3 Å². The van der Waals surface area contributed by atoms with Gasteiger partial charge in [0, 0.05) is 10.6 Å². The van der Waals surface area contributed by atoms with Crippen molar-refractivity contribution in [1.29, 1.82) is 0 Å². The van der Waals surface area contributed by atoms with Crippen LogP contribution in [0, 0.1) is 6.92 Å². The first-order valence-corrected chi connectivity index (χ1v) is 6.74. The van der Waals surface area contributed by atoms with E-state index in [4.69, 9.17) is 28.3 Å². The number of hydrogen-bond acceptors (Lipinski definition) is 2. The van der Waals surface area contributed by atoms with E-state index in [0.29, 0.717) is 15.7 Å². The van der Waals surface area contributed by atoms with Crippen molar-refractivity contribution in [2.24, 2.45) is 0 Å². The summed E-state index contributed by atoms with van der Waals surface area (Å²) in [4.78, 5) is 23.0. The number of carboxylic acids is 1. The molecule has 4 nitrogen and oxygen atoms in total. The summed E-state index contributed by atoms with van der Waals surface area (Å²) in [5.74, 6) is -1.55. The molecule has 0 aliphatic carbocycles. The monoisotopic (exact) mass is 323 g/mol. The molecular formula is C15H11Cl2NO3. The first-order chi connectivity index (χ1) is 9.88. The van der Waals surface area contributed by atoms with Crippen LogP contribution in [-0.4, -0.2) is 17.0 Å². The zero-order valence-corrected chi connectivity index (χ0v) is 12.5. The average molecular weight is 324 g/mol. The van der Waals surface area contributed by atoms with Crippen LogP contribution in [0.3, 0.4) is 0 Å². The summed E-state index contributed by atoms with van der Waals surface area (Å²) in [7, 11) is 0. The molecule has 0 aliphatic heterocycles. The topological polar surface area (TPSA) is 66.4 Å². The predicted molar refractivity (Wildman–Crippen MR) is 82.6 cm³/mol. The molecule has 6 heteroatoms. The van der Waals surface area contributed by atoms with Crippen molar-refractivity contribution in [3.8, 4) is 0 Å². The normalized spacial score (nSPS) is 10.2. The molecule has 2 rings (SSSR count). The largest absolute Gasteiger partial charge is 0.478 e. The number of carboxylic acid groups (broad SMARTS) is 1. The van der Waals surface area contributed by atoms with E-state index in [0.717, 1.165) is 5.56 Å². The Morgan fingerprint density at radius 3 is 2.38 bits per heavy atom. The fourth-order valence-electron chi connectivity index (χ4n) is 1.73. The van der Waals surface area contributed by atoms with Crippen molar-refractivity contribution in [3.63, 3.8) is 0 Å². The Kier molecular flexibility index (Phi) is 4.50. The van der Waals surface area contributed by atoms with Crippen molar-refractivity contribution in [3.05, 3.63) is 63.1 Å². The Hall–Kier alpha value is -2.04. The van der Waals surface area contributed by atoms with Gasteiger partial charge in [0.1, 0.15) is 0 Å². The molecule has 1 amide bonds. The molecule has 0 saturated carbocycles. The van der Waals surface area contributed by atoms with Gasteiger partial charge in [0.2, 0.25) is 0 Å². The minimum absolute atomic E-state index is 0.0377. The highest BCUT2D eigenvalue weighted by Crippen LogP contribution is 2.29. The number of rotatable bonds is 3. The number of halogens is 2. The Morgan fingerprint density at radius 1 is 1.05 bits per heavy atom. The Bertz CT molecular complexity index is 729. The molecule has 2 aromatic rings. The van der Waals surface area contributed by atoms with Gasteiger partial charge in [-0.05, 0) is 42.8 Å². The van der Waals surface area contributed by atoms with Crippen LogP contribution >= 0.6 is 23.2 Å². The maximum Gasteiger partial charge on any atom is 0.335 e. The molecule has 0 saturated heterocycles. The Morgan fingerprint density at radius 2 is 1.71 bits per heavy atom. The summed E-state index contributed by atoms with van der Waals surface area (Å²) >= 11 is 12.0. The van der Waals surface area contributed by atoms with Crippen molar-refractivity contribution < 1.29 is 14.7 Å². The minimum atomic E-state index is -1.10. The van der Waals surface area contributed by atoms with Crippen molar-refractivity contribution in [2.45, 2.75) is 6.92 Å². The van der Waals surface area contributed by atoms with Gasteiger partial charge in [-0.3, -0.25) is 4.79 Å². The third-order valence-corrected chi connectivity index (χ3v) is 3.59. The standard InChI is InChI=1S/C15H11Cl2NO3/c1-8-5-12(17)13(7-11(8)16)18-14(19)9-3-2-4-10(6-9)15(20)21/h2-7H,1H3,(H,18,19)(H,20,21). The van der Waals surface area contributed by atoms with Gasteiger partial charge in [-0.15, -0.1) is 0 Å². The summed E-state index contributed by atoms with van der Waals surface area (Å²) in [5, 5.41) is 12.4. The molecule has 0 radical (unpaired) electrons. The van der Waals surface area contributed by atoms with Crippen molar-refractivity contribution in [1.82, 2.24) is 0 Å². The first kappa shape index (κ1) is 15.4. The summed E-state index contributed by atoms with van der Waals surface area (Å²) in [6.45, 7) is 1.80. The van der Waals surface area contributed by atoms with Crippen LogP contribution in [0.15, 0.2) is 36.4 Å². The SMILES string of the molecule is Cc1cc(Cl)c(NC(=O)c2cccc(C(=O)O)c2)cc1Cl. The number of benzene rings is 2. The first-order valence-electron chi connectivity index (χ1n) is 5.99. The molecule has 108 valence electrons. The van der Waals surface area contributed by atoms with Gasteiger partial charge in [-0.25, -0.2) is 4.79 Å². The fourth-order valence-corrected chi connectivity index (χ4v) is 2.16. The van der Waals surface area contributed by atoms with Crippen molar-refractivity contribution >= 4 is 40.8 Å². The van der Waals surface area contributed by atoms with Crippen LogP contribution in [0.5, 0.6) is 0 Å². The van der Waals surface area contributed by atoms with E-state index in [-0.39, 0.29) is 11.1 Å². The number of hydrogen-bond donors (Lipinski definition) is 2. The number of aryl methyl sites for hydroxylation is 1. The summed E-state index contributed by atoms with van der Waals surface area (Å²) < 4.78 is 0. The number of aromatic carboxylic acids is 1. The second kappa shape index (κ2) is 6.16. The fraction of sp³-hybridized carbons (Fsp3) is 0.0667. The maximum atomic E-state index is 12.1. The lowest BCUT2D eigenvalue weighted by molar-refractivity contribution is 0.0697. The van der Waals surface area contributed by atoms with Gasteiger partial charge in [0.15, 0.2) is 0 Å². The highest BCUT2D eigenvalue weighted by molar-refractivity contribution is 6.36. The molecule has 0 atom stereocenters. The summed E-state index contributed by atoms with van der Waals surface area (Å²) in [6, 6.07) is 8.93. The van der Waals surface area contributed by atoms with E-state index in [9.17, 15) is 9.59 Å². The lowest BCUT2D eigenvalue weighted by Crippen LogP contribution is -2.13. The van der Waals surface area contributed by atoms with E-state index >= 15 is 0 Å². The number of amides is 1. The lowest BCUT2D eigenvalue weighted by Gasteiger charge is -2.09. The van der Waals surface area contributed by atoms with E-state index in [1.165, 1.54) is 24.3 Å². The molecule has 0 heterocycles. The molecule has 0 spiro atoms. The number of anilines is 1. The molecular weight excluding hydrogens is 313 g/mol. The molecule has 0 fully saturated rings.